The van der Waals surface area contributed by atoms with E-state index in [9.17, 15) is 18.8 Å². The lowest BCUT2D eigenvalue weighted by Crippen LogP contribution is -2.51. The fraction of sp³-hybridized carbons (Fsp3) is 0.400. The van der Waals surface area contributed by atoms with E-state index in [4.69, 9.17) is 0 Å². The maximum absolute atomic E-state index is 13.7. The molecule has 29 heavy (non-hydrogen) atoms. The second-order valence-electron chi connectivity index (χ2n) is 7.12. The molecule has 1 fully saturated rings. The summed E-state index contributed by atoms with van der Waals surface area (Å²) < 4.78 is 13.7. The van der Waals surface area contributed by atoms with Gasteiger partial charge in [0.1, 0.15) is 5.82 Å². The van der Waals surface area contributed by atoms with Crippen LogP contribution in [-0.2, 0) is 16.0 Å². The molecular weight excluding hydrogens is 395 g/mol. The third kappa shape index (κ3) is 5.17. The maximum Gasteiger partial charge on any atom is 0.260 e. The number of piperazine rings is 1. The molecule has 7 nitrogen and oxygen atoms in total. The Bertz CT molecular complexity index is 907. The molecule has 3 amide bonds. The first-order valence-electron chi connectivity index (χ1n) is 9.42. The zero-order chi connectivity index (χ0) is 21.0. The third-order valence-electron chi connectivity index (χ3n) is 4.66. The number of anilines is 1. The average molecular weight is 418 g/mol. The highest BCUT2D eigenvalue weighted by Crippen LogP contribution is 2.18. The molecule has 2 heterocycles. The molecule has 0 bridgehead atoms. The standard InChI is InChI=1S/C20H23FN4O3S/c1-13(2)19(28)25-9-7-24(8-10-25)17(26)11-14-12-29-20(22-14)23-18(27)15-5-3-4-6-16(15)21/h3-6,12-13H,7-11H2,1-2H3,(H,22,23,27). The summed E-state index contributed by atoms with van der Waals surface area (Å²) in [7, 11) is 0. The molecule has 0 radical (unpaired) electrons. The first-order valence-corrected chi connectivity index (χ1v) is 10.3. The van der Waals surface area contributed by atoms with Crippen LogP contribution in [0, 0.1) is 11.7 Å². The van der Waals surface area contributed by atoms with Crippen molar-refractivity contribution in [2.45, 2.75) is 20.3 Å². The molecular formula is C20H23FN4O3S. The van der Waals surface area contributed by atoms with Gasteiger partial charge in [0.2, 0.25) is 11.8 Å². The topological polar surface area (TPSA) is 82.6 Å². The number of benzene rings is 1. The van der Waals surface area contributed by atoms with E-state index < -0.39 is 11.7 Å². The quantitative estimate of drug-likeness (QED) is 0.808. The number of halogens is 1. The third-order valence-corrected chi connectivity index (χ3v) is 5.47. The maximum atomic E-state index is 13.7. The summed E-state index contributed by atoms with van der Waals surface area (Å²) in [6.07, 6.45) is 0.115. The van der Waals surface area contributed by atoms with E-state index in [1.807, 2.05) is 13.8 Å². The van der Waals surface area contributed by atoms with Crippen molar-refractivity contribution in [1.82, 2.24) is 14.8 Å². The van der Waals surface area contributed by atoms with Crippen LogP contribution >= 0.6 is 11.3 Å². The van der Waals surface area contributed by atoms with Gasteiger partial charge in [0.15, 0.2) is 5.13 Å². The van der Waals surface area contributed by atoms with E-state index >= 15 is 0 Å². The molecule has 2 aromatic rings. The zero-order valence-corrected chi connectivity index (χ0v) is 17.2. The predicted molar refractivity (Wildman–Crippen MR) is 108 cm³/mol. The molecule has 0 aliphatic carbocycles. The van der Waals surface area contributed by atoms with Crippen molar-refractivity contribution in [3.05, 3.63) is 46.7 Å². The number of hydrogen-bond acceptors (Lipinski definition) is 5. The minimum atomic E-state index is -0.605. The Morgan fingerprint density at radius 1 is 1.14 bits per heavy atom. The van der Waals surface area contributed by atoms with Crippen LogP contribution in [0.2, 0.25) is 0 Å². The first-order chi connectivity index (χ1) is 13.8. The van der Waals surface area contributed by atoms with Gasteiger partial charge in [-0.3, -0.25) is 19.7 Å². The Morgan fingerprint density at radius 3 is 2.45 bits per heavy atom. The predicted octanol–water partition coefficient (Wildman–Crippen LogP) is 2.40. The van der Waals surface area contributed by atoms with Gasteiger partial charge < -0.3 is 9.80 Å². The number of carbonyl (C=O) groups excluding carboxylic acids is 3. The molecule has 1 saturated heterocycles. The smallest absolute Gasteiger partial charge is 0.260 e. The lowest BCUT2D eigenvalue weighted by atomic mass is 10.1. The van der Waals surface area contributed by atoms with E-state index in [-0.39, 0.29) is 29.7 Å². The van der Waals surface area contributed by atoms with Gasteiger partial charge in [0.05, 0.1) is 17.7 Å². The van der Waals surface area contributed by atoms with Crippen molar-refractivity contribution in [1.29, 1.82) is 0 Å². The van der Waals surface area contributed by atoms with Crippen LogP contribution in [0.4, 0.5) is 9.52 Å². The Kier molecular flexibility index (Phi) is 6.58. The van der Waals surface area contributed by atoms with Crippen molar-refractivity contribution in [3.63, 3.8) is 0 Å². The molecule has 1 aliphatic rings. The van der Waals surface area contributed by atoms with Gasteiger partial charge in [-0.2, -0.15) is 0 Å². The minimum absolute atomic E-state index is 0.0507. The molecule has 1 aromatic carbocycles. The Hall–Kier alpha value is -2.81. The lowest BCUT2D eigenvalue weighted by molar-refractivity contribution is -0.141. The highest BCUT2D eigenvalue weighted by atomic mass is 32.1. The van der Waals surface area contributed by atoms with E-state index in [0.29, 0.717) is 37.0 Å². The van der Waals surface area contributed by atoms with Crippen molar-refractivity contribution < 1.29 is 18.8 Å². The molecule has 1 N–H and O–H groups in total. The van der Waals surface area contributed by atoms with Crippen molar-refractivity contribution in [2.75, 3.05) is 31.5 Å². The summed E-state index contributed by atoms with van der Waals surface area (Å²) in [5.41, 5.74) is 0.485. The number of nitrogens with one attached hydrogen (secondary N) is 1. The van der Waals surface area contributed by atoms with Gasteiger partial charge >= 0.3 is 0 Å². The zero-order valence-electron chi connectivity index (χ0n) is 16.4. The fourth-order valence-corrected chi connectivity index (χ4v) is 3.77. The summed E-state index contributed by atoms with van der Waals surface area (Å²) in [5.74, 6) is -1.20. The van der Waals surface area contributed by atoms with Gasteiger partial charge in [-0.15, -0.1) is 11.3 Å². The van der Waals surface area contributed by atoms with E-state index in [0.717, 1.165) is 0 Å². The van der Waals surface area contributed by atoms with Crippen LogP contribution in [-0.4, -0.2) is 58.7 Å². The van der Waals surface area contributed by atoms with Crippen LogP contribution in [0.3, 0.4) is 0 Å². The number of hydrogen-bond donors (Lipinski definition) is 1. The molecule has 0 unspecified atom stereocenters. The highest BCUT2D eigenvalue weighted by Gasteiger charge is 2.25. The molecule has 1 aromatic heterocycles. The molecule has 0 atom stereocenters. The summed E-state index contributed by atoms with van der Waals surface area (Å²) in [6.45, 7) is 5.79. The van der Waals surface area contributed by atoms with E-state index in [1.54, 1.807) is 21.2 Å². The first kappa shape index (κ1) is 20.9. The Morgan fingerprint density at radius 2 is 1.79 bits per heavy atom. The van der Waals surface area contributed by atoms with Crippen LogP contribution in [0.1, 0.15) is 29.9 Å². The lowest BCUT2D eigenvalue weighted by Gasteiger charge is -2.35. The number of aromatic nitrogens is 1. The second kappa shape index (κ2) is 9.13. The monoisotopic (exact) mass is 418 g/mol. The van der Waals surface area contributed by atoms with E-state index in [1.165, 1.54) is 29.5 Å². The average Bonchev–Trinajstić information content (AvgIpc) is 3.14. The van der Waals surface area contributed by atoms with Crippen molar-refractivity contribution in [3.8, 4) is 0 Å². The van der Waals surface area contributed by atoms with Gasteiger partial charge in [-0.25, -0.2) is 9.37 Å². The van der Waals surface area contributed by atoms with Crippen LogP contribution in [0.15, 0.2) is 29.6 Å². The number of amides is 3. The van der Waals surface area contributed by atoms with Crippen molar-refractivity contribution >= 4 is 34.2 Å². The van der Waals surface area contributed by atoms with E-state index in [2.05, 4.69) is 10.3 Å². The van der Waals surface area contributed by atoms with Gasteiger partial charge in [-0.1, -0.05) is 26.0 Å². The fourth-order valence-electron chi connectivity index (χ4n) is 3.06. The number of thiazole rings is 1. The highest BCUT2D eigenvalue weighted by molar-refractivity contribution is 7.14. The summed E-state index contributed by atoms with van der Waals surface area (Å²) in [6, 6.07) is 5.71. The number of carbonyl (C=O) groups is 3. The van der Waals surface area contributed by atoms with Gasteiger partial charge in [-0.05, 0) is 12.1 Å². The summed E-state index contributed by atoms with van der Waals surface area (Å²) in [4.78, 5) is 44.5. The Balaban J connectivity index is 1.53. The molecule has 154 valence electrons. The SMILES string of the molecule is CC(C)C(=O)N1CCN(C(=O)Cc2csc(NC(=O)c3ccccc3F)n2)CC1. The molecule has 0 spiro atoms. The van der Waals surface area contributed by atoms with Crippen molar-refractivity contribution in [2.24, 2.45) is 5.92 Å². The Labute approximate surface area is 172 Å². The summed E-state index contributed by atoms with van der Waals surface area (Å²) >= 11 is 1.19. The van der Waals surface area contributed by atoms with Crippen LogP contribution in [0.5, 0.6) is 0 Å². The van der Waals surface area contributed by atoms with Gasteiger partial charge in [0.25, 0.3) is 5.91 Å². The molecule has 9 heteroatoms. The summed E-state index contributed by atoms with van der Waals surface area (Å²) in [5, 5.41) is 4.58. The molecule has 0 saturated carbocycles. The van der Waals surface area contributed by atoms with Gasteiger partial charge in [0, 0.05) is 37.5 Å². The number of rotatable bonds is 5. The number of nitrogens with zero attached hydrogens (tertiary/aromatic N) is 3. The minimum Gasteiger partial charge on any atom is -0.339 e. The largest absolute Gasteiger partial charge is 0.339 e. The molecule has 3 rings (SSSR count). The molecule has 1 aliphatic heterocycles. The normalized spacial score (nSPS) is 14.2. The van der Waals surface area contributed by atoms with Crippen LogP contribution in [0.25, 0.3) is 0 Å². The second-order valence-corrected chi connectivity index (χ2v) is 7.97. The van der Waals surface area contributed by atoms with Crippen LogP contribution < -0.4 is 5.32 Å².